The SMILES string of the molecule is CCc1ccc2cc(O)c(=O)oc2c1. The van der Waals surface area contributed by atoms with Gasteiger partial charge in [0.25, 0.3) is 0 Å². The second kappa shape index (κ2) is 3.18. The van der Waals surface area contributed by atoms with Crippen molar-refractivity contribution in [3.63, 3.8) is 0 Å². The highest BCUT2D eigenvalue weighted by molar-refractivity contribution is 5.78. The van der Waals surface area contributed by atoms with Crippen molar-refractivity contribution in [2.24, 2.45) is 0 Å². The van der Waals surface area contributed by atoms with Crippen LogP contribution in [0, 0.1) is 0 Å². The minimum absolute atomic E-state index is 0.346. The van der Waals surface area contributed by atoms with Gasteiger partial charge in [0.2, 0.25) is 5.75 Å². The largest absolute Gasteiger partial charge is 0.502 e. The maximum absolute atomic E-state index is 11.0. The molecule has 2 aromatic rings. The van der Waals surface area contributed by atoms with Crippen molar-refractivity contribution in [1.29, 1.82) is 0 Å². The van der Waals surface area contributed by atoms with E-state index in [1.165, 1.54) is 6.07 Å². The number of aromatic hydroxyl groups is 1. The Bertz CT molecular complexity index is 526. The maximum atomic E-state index is 11.0. The third kappa shape index (κ3) is 1.37. The van der Waals surface area contributed by atoms with Crippen molar-refractivity contribution >= 4 is 11.0 Å². The molecule has 0 bridgehead atoms. The smallest absolute Gasteiger partial charge is 0.378 e. The molecule has 0 spiro atoms. The van der Waals surface area contributed by atoms with E-state index in [9.17, 15) is 4.79 Å². The molecule has 0 fully saturated rings. The molecule has 0 radical (unpaired) electrons. The average molecular weight is 190 g/mol. The summed E-state index contributed by atoms with van der Waals surface area (Å²) in [5.41, 5.74) is 0.934. The van der Waals surface area contributed by atoms with Crippen LogP contribution in [0.4, 0.5) is 0 Å². The van der Waals surface area contributed by atoms with Crippen LogP contribution in [-0.4, -0.2) is 5.11 Å². The molecule has 3 nitrogen and oxygen atoms in total. The van der Waals surface area contributed by atoms with Crippen LogP contribution in [0.25, 0.3) is 11.0 Å². The molecule has 0 aliphatic rings. The molecule has 0 aliphatic heterocycles. The van der Waals surface area contributed by atoms with Crippen molar-refractivity contribution in [3.05, 3.63) is 40.2 Å². The molecule has 0 amide bonds. The standard InChI is InChI=1S/C11H10O3/c1-2-7-3-4-8-6-9(12)11(13)14-10(8)5-7/h3-6,12H,2H2,1H3. The lowest BCUT2D eigenvalue weighted by molar-refractivity contribution is 0.428. The molecule has 0 aliphatic carbocycles. The quantitative estimate of drug-likeness (QED) is 0.700. The Morgan fingerprint density at radius 2 is 2.14 bits per heavy atom. The zero-order chi connectivity index (χ0) is 10.1. The van der Waals surface area contributed by atoms with Gasteiger partial charge in [-0.15, -0.1) is 0 Å². The minimum atomic E-state index is -0.689. The fourth-order valence-electron chi connectivity index (χ4n) is 1.36. The van der Waals surface area contributed by atoms with Gasteiger partial charge in [-0.2, -0.15) is 0 Å². The monoisotopic (exact) mass is 190 g/mol. The molecule has 1 aromatic carbocycles. The Kier molecular flexibility index (Phi) is 2.00. The maximum Gasteiger partial charge on any atom is 0.378 e. The van der Waals surface area contributed by atoms with Gasteiger partial charge < -0.3 is 9.52 Å². The fraction of sp³-hybridized carbons (Fsp3) is 0.182. The number of rotatable bonds is 1. The molecule has 0 unspecified atom stereocenters. The molecule has 1 aromatic heterocycles. The summed E-state index contributed by atoms with van der Waals surface area (Å²) >= 11 is 0. The lowest BCUT2D eigenvalue weighted by Gasteiger charge is -1.99. The first kappa shape index (κ1) is 8.81. The van der Waals surface area contributed by atoms with Gasteiger partial charge >= 0.3 is 5.63 Å². The summed E-state index contributed by atoms with van der Waals surface area (Å²) in [6, 6.07) is 7.01. The second-order valence-corrected chi connectivity index (χ2v) is 3.14. The molecule has 2 rings (SSSR count). The third-order valence-electron chi connectivity index (χ3n) is 2.19. The summed E-state index contributed by atoms with van der Waals surface area (Å²) in [4.78, 5) is 11.0. The number of hydrogen-bond donors (Lipinski definition) is 1. The van der Waals surface area contributed by atoms with E-state index >= 15 is 0 Å². The molecule has 0 saturated heterocycles. The lowest BCUT2D eigenvalue weighted by Crippen LogP contribution is -1.97. The van der Waals surface area contributed by atoms with Gasteiger partial charge in [0, 0.05) is 5.39 Å². The molecule has 1 N–H and O–H groups in total. The molecule has 1 heterocycles. The minimum Gasteiger partial charge on any atom is -0.502 e. The van der Waals surface area contributed by atoms with E-state index < -0.39 is 5.63 Å². The summed E-state index contributed by atoms with van der Waals surface area (Å²) in [5.74, 6) is -0.346. The first-order valence-electron chi connectivity index (χ1n) is 4.46. The molecule has 0 saturated carbocycles. The van der Waals surface area contributed by atoms with Crippen molar-refractivity contribution in [2.45, 2.75) is 13.3 Å². The van der Waals surface area contributed by atoms with Crippen LogP contribution in [0.1, 0.15) is 12.5 Å². The summed E-state index contributed by atoms with van der Waals surface area (Å²) < 4.78 is 4.93. The highest BCUT2D eigenvalue weighted by atomic mass is 16.4. The van der Waals surface area contributed by atoms with Gasteiger partial charge in [-0.3, -0.25) is 0 Å². The first-order valence-corrected chi connectivity index (χ1v) is 4.46. The van der Waals surface area contributed by atoms with Gasteiger partial charge in [0.1, 0.15) is 5.58 Å². The summed E-state index contributed by atoms with van der Waals surface area (Å²) in [6.07, 6.45) is 0.889. The third-order valence-corrected chi connectivity index (χ3v) is 2.19. The number of hydrogen-bond acceptors (Lipinski definition) is 3. The molecule has 0 atom stereocenters. The summed E-state index contributed by atoms with van der Waals surface area (Å²) in [6.45, 7) is 2.03. The van der Waals surface area contributed by atoms with Crippen LogP contribution < -0.4 is 5.63 Å². The van der Waals surface area contributed by atoms with Gasteiger partial charge in [0.15, 0.2) is 0 Å². The molecule has 14 heavy (non-hydrogen) atoms. The fourth-order valence-corrected chi connectivity index (χ4v) is 1.36. The highest BCUT2D eigenvalue weighted by Gasteiger charge is 2.03. The molecule has 3 heteroatoms. The van der Waals surface area contributed by atoms with Gasteiger partial charge in [-0.1, -0.05) is 19.1 Å². The second-order valence-electron chi connectivity index (χ2n) is 3.14. The van der Waals surface area contributed by atoms with Crippen molar-refractivity contribution in [2.75, 3.05) is 0 Å². The Morgan fingerprint density at radius 3 is 2.86 bits per heavy atom. The number of aryl methyl sites for hydroxylation is 1. The molecular weight excluding hydrogens is 180 g/mol. The summed E-state index contributed by atoms with van der Waals surface area (Å²) in [7, 11) is 0. The molecular formula is C11H10O3. The van der Waals surface area contributed by atoms with Gasteiger partial charge in [-0.05, 0) is 24.1 Å². The average Bonchev–Trinajstić information content (AvgIpc) is 2.19. The zero-order valence-electron chi connectivity index (χ0n) is 7.78. The Labute approximate surface area is 80.6 Å². The van der Waals surface area contributed by atoms with E-state index in [1.807, 2.05) is 25.1 Å². The lowest BCUT2D eigenvalue weighted by atomic mass is 10.1. The van der Waals surface area contributed by atoms with Crippen LogP contribution in [0.15, 0.2) is 33.5 Å². The van der Waals surface area contributed by atoms with Crippen molar-refractivity contribution < 1.29 is 9.52 Å². The van der Waals surface area contributed by atoms with E-state index in [4.69, 9.17) is 9.52 Å². The Hall–Kier alpha value is -1.77. The highest BCUT2D eigenvalue weighted by Crippen LogP contribution is 2.17. The van der Waals surface area contributed by atoms with E-state index in [-0.39, 0.29) is 5.75 Å². The predicted octanol–water partition coefficient (Wildman–Crippen LogP) is 2.06. The zero-order valence-corrected chi connectivity index (χ0v) is 7.78. The number of fused-ring (bicyclic) bond motifs is 1. The topological polar surface area (TPSA) is 50.4 Å². The van der Waals surface area contributed by atoms with Crippen LogP contribution in [0.5, 0.6) is 5.75 Å². The van der Waals surface area contributed by atoms with Crippen LogP contribution in [0.2, 0.25) is 0 Å². The predicted molar refractivity (Wildman–Crippen MR) is 53.5 cm³/mol. The Balaban J connectivity index is 2.77. The molecule has 72 valence electrons. The van der Waals surface area contributed by atoms with E-state index in [0.717, 1.165) is 17.4 Å². The van der Waals surface area contributed by atoms with Gasteiger partial charge in [0.05, 0.1) is 0 Å². The summed E-state index contributed by atoms with van der Waals surface area (Å²) in [5, 5.41) is 9.87. The first-order chi connectivity index (χ1) is 6.70. The van der Waals surface area contributed by atoms with E-state index in [1.54, 1.807) is 0 Å². The van der Waals surface area contributed by atoms with Crippen LogP contribution in [-0.2, 0) is 6.42 Å². The van der Waals surface area contributed by atoms with Crippen molar-refractivity contribution in [1.82, 2.24) is 0 Å². The van der Waals surface area contributed by atoms with Crippen LogP contribution in [0.3, 0.4) is 0 Å². The normalized spacial score (nSPS) is 10.6. The van der Waals surface area contributed by atoms with Gasteiger partial charge in [-0.25, -0.2) is 4.79 Å². The number of benzene rings is 1. The van der Waals surface area contributed by atoms with E-state index in [0.29, 0.717) is 5.58 Å². The van der Waals surface area contributed by atoms with E-state index in [2.05, 4.69) is 0 Å². The Morgan fingerprint density at radius 1 is 1.36 bits per heavy atom. The van der Waals surface area contributed by atoms with Crippen LogP contribution >= 0.6 is 0 Å². The van der Waals surface area contributed by atoms with Crippen molar-refractivity contribution in [3.8, 4) is 5.75 Å².